The Kier molecular flexibility index (Phi) is 6.54. The average molecular weight is 521 g/mol. The van der Waals surface area contributed by atoms with Crippen molar-refractivity contribution in [2.75, 3.05) is 0 Å². The first-order valence-corrected chi connectivity index (χ1v) is 14.3. The molecule has 0 aliphatic carbocycles. The van der Waals surface area contributed by atoms with Gasteiger partial charge in [0.25, 0.3) is 0 Å². The minimum absolute atomic E-state index is 0.0519. The molecule has 4 heterocycles. The fourth-order valence-electron chi connectivity index (χ4n) is 7.37. The molecule has 0 spiro atoms. The summed E-state index contributed by atoms with van der Waals surface area (Å²) in [6, 6.07) is 24.6. The van der Waals surface area contributed by atoms with Gasteiger partial charge in [-0.2, -0.15) is 14.2 Å². The molecular weight excluding hydrogens is 483 g/mol. The predicted molar refractivity (Wildman–Crippen MR) is 154 cm³/mol. The number of aromatic nitrogens is 3. The highest BCUT2D eigenvalue weighted by Crippen LogP contribution is 2.50. The molecule has 3 atom stereocenters. The zero-order valence-electron chi connectivity index (χ0n) is 23.3. The molecule has 39 heavy (non-hydrogen) atoms. The molecule has 198 valence electrons. The van der Waals surface area contributed by atoms with Crippen molar-refractivity contribution in [3.05, 3.63) is 108 Å². The van der Waals surface area contributed by atoms with Gasteiger partial charge in [0.15, 0.2) is 24.5 Å². The Bertz CT molecular complexity index is 1580. The predicted octanol–water partition coefficient (Wildman–Crippen LogP) is 7.08. The maximum absolute atomic E-state index is 15.1. The summed E-state index contributed by atoms with van der Waals surface area (Å²) >= 11 is 0. The summed E-state index contributed by atoms with van der Waals surface area (Å²) < 4.78 is 22.2. The van der Waals surface area contributed by atoms with E-state index < -0.39 is 0 Å². The van der Waals surface area contributed by atoms with Gasteiger partial charge in [0.05, 0.1) is 11.3 Å². The largest absolute Gasteiger partial charge is 0.252 e. The highest BCUT2D eigenvalue weighted by atomic mass is 19.1. The number of allylic oxidation sites excluding steroid dienone is 1. The third-order valence-corrected chi connectivity index (χ3v) is 8.93. The van der Waals surface area contributed by atoms with Crippen LogP contribution in [-0.2, 0) is 12.0 Å². The third kappa shape index (κ3) is 3.82. The van der Waals surface area contributed by atoms with E-state index in [9.17, 15) is 0 Å². The van der Waals surface area contributed by atoms with Crippen molar-refractivity contribution in [1.82, 2.24) is 9.78 Å². The average Bonchev–Trinajstić information content (AvgIpc) is 3.40. The molecule has 3 unspecified atom stereocenters. The van der Waals surface area contributed by atoms with Gasteiger partial charge in [0, 0.05) is 30.5 Å². The summed E-state index contributed by atoms with van der Waals surface area (Å²) in [6.07, 6.45) is 9.26. The van der Waals surface area contributed by atoms with Crippen molar-refractivity contribution < 1.29 is 13.5 Å². The molecule has 5 heteroatoms. The number of halogens is 1. The summed E-state index contributed by atoms with van der Waals surface area (Å²) in [5.41, 5.74) is 7.57. The van der Waals surface area contributed by atoms with Crippen LogP contribution in [0.4, 0.5) is 4.39 Å². The van der Waals surface area contributed by atoms with Crippen LogP contribution in [0.1, 0.15) is 64.3 Å². The second-order valence-electron chi connectivity index (χ2n) is 10.7. The van der Waals surface area contributed by atoms with Crippen molar-refractivity contribution in [1.29, 1.82) is 0 Å². The van der Waals surface area contributed by atoms with Crippen LogP contribution >= 0.6 is 0 Å². The first kappa shape index (κ1) is 25.4. The van der Waals surface area contributed by atoms with Gasteiger partial charge < -0.3 is 0 Å². The molecule has 6 rings (SSSR count). The van der Waals surface area contributed by atoms with Crippen LogP contribution in [0.3, 0.4) is 0 Å². The van der Waals surface area contributed by atoms with E-state index in [1.165, 1.54) is 5.71 Å². The van der Waals surface area contributed by atoms with Crippen LogP contribution in [0, 0.1) is 5.82 Å². The Balaban J connectivity index is 1.63. The standard InChI is InChI=1S/C34H37FN4/c1-5-19-37-29(6-2)31-22-28(24-14-10-9-11-15-24)36-39(31)23-33(37)34(8-4)27-21-25(35)17-18-26(27)30-16-12-13-20-38(30)32(34)7-3/h5,9-22,32-33H,6-8,23H2,1-4H3/q+2. The van der Waals surface area contributed by atoms with Gasteiger partial charge in [-0.25, -0.2) is 4.39 Å². The minimum Gasteiger partial charge on any atom is -0.252 e. The lowest BCUT2D eigenvalue weighted by molar-refractivity contribution is -0.732. The number of fused-ring (bicyclic) bond motifs is 4. The van der Waals surface area contributed by atoms with Crippen molar-refractivity contribution >= 4 is 5.71 Å². The van der Waals surface area contributed by atoms with E-state index in [1.54, 1.807) is 6.07 Å². The first-order valence-electron chi connectivity index (χ1n) is 14.3. The van der Waals surface area contributed by atoms with E-state index in [1.807, 2.05) is 18.2 Å². The monoisotopic (exact) mass is 520 g/mol. The quantitative estimate of drug-likeness (QED) is 0.249. The number of rotatable bonds is 6. The maximum Gasteiger partial charge on any atom is 0.213 e. The van der Waals surface area contributed by atoms with Crippen molar-refractivity contribution in [3.8, 4) is 22.5 Å². The van der Waals surface area contributed by atoms with Crippen LogP contribution in [-0.4, -0.2) is 26.1 Å². The van der Waals surface area contributed by atoms with Crippen LogP contribution < -0.4 is 4.57 Å². The molecule has 2 aromatic heterocycles. The molecule has 4 nitrogen and oxygen atoms in total. The van der Waals surface area contributed by atoms with Crippen LogP contribution in [0.2, 0.25) is 0 Å². The van der Waals surface area contributed by atoms with Crippen LogP contribution in [0.25, 0.3) is 22.5 Å². The van der Waals surface area contributed by atoms with Crippen LogP contribution in [0.5, 0.6) is 0 Å². The highest BCUT2D eigenvalue weighted by Gasteiger charge is 2.60. The number of benzene rings is 2. The van der Waals surface area contributed by atoms with Gasteiger partial charge in [-0.3, -0.25) is 4.68 Å². The van der Waals surface area contributed by atoms with Gasteiger partial charge >= 0.3 is 0 Å². The molecule has 0 saturated heterocycles. The summed E-state index contributed by atoms with van der Waals surface area (Å²) in [6.45, 7) is 9.57. The van der Waals surface area contributed by atoms with Crippen molar-refractivity contribution in [3.63, 3.8) is 0 Å². The Morgan fingerprint density at radius 3 is 2.54 bits per heavy atom. The maximum atomic E-state index is 15.1. The zero-order valence-corrected chi connectivity index (χ0v) is 23.3. The van der Waals surface area contributed by atoms with Crippen molar-refractivity contribution in [2.24, 2.45) is 0 Å². The zero-order chi connectivity index (χ0) is 27.1. The van der Waals surface area contributed by atoms with E-state index in [-0.39, 0.29) is 23.3 Å². The Hall–Kier alpha value is -3.86. The number of hydrogen-bond donors (Lipinski definition) is 0. The van der Waals surface area contributed by atoms with Gasteiger partial charge in [0.1, 0.15) is 23.5 Å². The topological polar surface area (TPSA) is 24.7 Å². The SMILES string of the molecule is CC=C[N+]1=C(CC)c2cc(-c3ccccc3)nn2CC1C1(CC)c2cc(F)ccc2-c2cccc[n+]2C1CC. The van der Waals surface area contributed by atoms with Crippen LogP contribution in [0.15, 0.2) is 91.3 Å². The summed E-state index contributed by atoms with van der Waals surface area (Å²) in [5.74, 6) is -0.176. The van der Waals surface area contributed by atoms with E-state index in [0.29, 0.717) is 0 Å². The fourth-order valence-corrected chi connectivity index (χ4v) is 7.37. The molecule has 0 saturated carbocycles. The fraction of sp³-hybridized carbons (Fsp3) is 0.324. The molecule has 0 radical (unpaired) electrons. The number of hydrogen-bond acceptors (Lipinski definition) is 1. The lowest BCUT2D eigenvalue weighted by Crippen LogP contribution is -2.64. The minimum atomic E-state index is -0.346. The van der Waals surface area contributed by atoms with E-state index in [4.69, 9.17) is 5.10 Å². The highest BCUT2D eigenvalue weighted by molar-refractivity contribution is 5.96. The molecule has 2 aliphatic rings. The number of pyridine rings is 1. The van der Waals surface area contributed by atoms with Gasteiger partial charge in [0.2, 0.25) is 11.4 Å². The Morgan fingerprint density at radius 1 is 1.03 bits per heavy atom. The van der Waals surface area contributed by atoms with E-state index >= 15 is 4.39 Å². The molecule has 2 aromatic carbocycles. The Morgan fingerprint density at radius 2 is 1.82 bits per heavy atom. The van der Waals surface area contributed by atoms with Gasteiger partial charge in [-0.1, -0.05) is 51.1 Å². The summed E-state index contributed by atoms with van der Waals surface area (Å²) in [7, 11) is 0. The molecular formula is C34H37FN4+2. The van der Waals surface area contributed by atoms with E-state index in [0.717, 1.165) is 59.6 Å². The molecule has 0 bridgehead atoms. The second kappa shape index (κ2) is 10.0. The van der Waals surface area contributed by atoms with Gasteiger partial charge in [-0.15, -0.1) is 0 Å². The summed E-state index contributed by atoms with van der Waals surface area (Å²) in [4.78, 5) is 0. The molecule has 0 fully saturated rings. The first-order chi connectivity index (χ1) is 19.1. The molecule has 4 aromatic rings. The summed E-state index contributed by atoms with van der Waals surface area (Å²) in [5, 5.41) is 5.16. The molecule has 2 aliphatic heterocycles. The van der Waals surface area contributed by atoms with Gasteiger partial charge in [-0.05, 0) is 55.3 Å². The molecule has 0 N–H and O–H groups in total. The second-order valence-corrected chi connectivity index (χ2v) is 10.7. The van der Waals surface area contributed by atoms with E-state index in [2.05, 4.69) is 109 Å². The Labute approximate surface area is 230 Å². The lowest BCUT2D eigenvalue weighted by atomic mass is 9.62. The van der Waals surface area contributed by atoms with Crippen molar-refractivity contribution in [2.45, 2.75) is 71.0 Å². The smallest absolute Gasteiger partial charge is 0.213 e. The molecule has 0 amide bonds. The lowest BCUT2D eigenvalue weighted by Gasteiger charge is -2.44. The third-order valence-electron chi connectivity index (χ3n) is 8.93. The normalized spacial score (nSPS) is 22.1. The number of nitrogens with zero attached hydrogens (tertiary/aromatic N) is 4.